The van der Waals surface area contributed by atoms with Crippen molar-refractivity contribution < 1.29 is 9.53 Å². The Hall–Kier alpha value is -1.59. The Bertz CT molecular complexity index is 489. The van der Waals surface area contributed by atoms with Crippen LogP contribution < -0.4 is 15.4 Å². The second kappa shape index (κ2) is 6.45. The monoisotopic (exact) mass is 289 g/mol. The number of amides is 1. The van der Waals surface area contributed by atoms with E-state index in [9.17, 15) is 4.79 Å². The molecule has 2 fully saturated rings. The van der Waals surface area contributed by atoms with Crippen molar-refractivity contribution in [1.29, 1.82) is 0 Å². The molecule has 5 heteroatoms. The number of rotatable bonds is 5. The molecule has 0 radical (unpaired) electrons. The van der Waals surface area contributed by atoms with Crippen LogP contribution >= 0.6 is 0 Å². The summed E-state index contributed by atoms with van der Waals surface area (Å²) in [5, 5.41) is 6.32. The maximum atomic E-state index is 12.0. The van der Waals surface area contributed by atoms with Crippen molar-refractivity contribution in [3.05, 3.63) is 24.3 Å². The minimum absolute atomic E-state index is 0.0108. The highest BCUT2D eigenvalue weighted by Crippen LogP contribution is 2.27. The summed E-state index contributed by atoms with van der Waals surface area (Å²) in [6.07, 6.45) is 3.71. The highest BCUT2D eigenvalue weighted by molar-refractivity contribution is 5.92. The van der Waals surface area contributed by atoms with Gasteiger partial charge in [0.2, 0.25) is 5.91 Å². The standard InChI is InChI=1S/C16H23N3O2/c1-21-13-6-4-12(5-7-13)18-16(20)11-17-14-8-10-19-9-2-3-15(14)19/h4-7,14-15,17H,2-3,8-11H2,1H3,(H,18,20). The van der Waals surface area contributed by atoms with Crippen molar-refractivity contribution in [3.63, 3.8) is 0 Å². The van der Waals surface area contributed by atoms with Gasteiger partial charge in [0.25, 0.3) is 0 Å². The van der Waals surface area contributed by atoms with Crippen LogP contribution in [0.25, 0.3) is 0 Å². The van der Waals surface area contributed by atoms with Crippen molar-refractivity contribution in [2.24, 2.45) is 0 Å². The van der Waals surface area contributed by atoms with Gasteiger partial charge in [0.05, 0.1) is 13.7 Å². The van der Waals surface area contributed by atoms with Crippen molar-refractivity contribution in [3.8, 4) is 5.75 Å². The number of fused-ring (bicyclic) bond motifs is 1. The number of benzene rings is 1. The zero-order valence-corrected chi connectivity index (χ0v) is 12.5. The molecule has 2 saturated heterocycles. The molecule has 0 aromatic heterocycles. The van der Waals surface area contributed by atoms with Gasteiger partial charge in [-0.15, -0.1) is 0 Å². The highest BCUT2D eigenvalue weighted by atomic mass is 16.5. The lowest BCUT2D eigenvalue weighted by molar-refractivity contribution is -0.115. The summed E-state index contributed by atoms with van der Waals surface area (Å²) in [5.74, 6) is 0.801. The summed E-state index contributed by atoms with van der Waals surface area (Å²) in [7, 11) is 1.63. The molecule has 0 saturated carbocycles. The first-order valence-electron chi connectivity index (χ1n) is 7.67. The Morgan fingerprint density at radius 2 is 2.10 bits per heavy atom. The predicted molar refractivity (Wildman–Crippen MR) is 82.6 cm³/mol. The number of hydrogen-bond acceptors (Lipinski definition) is 4. The minimum atomic E-state index is 0.0108. The average molecular weight is 289 g/mol. The molecule has 0 bridgehead atoms. The molecule has 2 aliphatic rings. The van der Waals surface area contributed by atoms with Gasteiger partial charge in [0.1, 0.15) is 5.75 Å². The molecule has 1 aromatic rings. The van der Waals surface area contributed by atoms with E-state index in [-0.39, 0.29) is 5.91 Å². The largest absolute Gasteiger partial charge is 0.497 e. The van der Waals surface area contributed by atoms with Gasteiger partial charge in [-0.05, 0) is 50.1 Å². The quantitative estimate of drug-likeness (QED) is 0.862. The Morgan fingerprint density at radius 1 is 1.29 bits per heavy atom. The van der Waals surface area contributed by atoms with E-state index in [1.165, 1.54) is 25.9 Å². The molecule has 2 heterocycles. The third kappa shape index (κ3) is 3.36. The van der Waals surface area contributed by atoms with Crippen LogP contribution in [0.3, 0.4) is 0 Å². The highest BCUT2D eigenvalue weighted by Gasteiger charge is 2.36. The zero-order chi connectivity index (χ0) is 14.7. The molecule has 114 valence electrons. The summed E-state index contributed by atoms with van der Waals surface area (Å²) in [6.45, 7) is 2.77. The molecule has 1 aromatic carbocycles. The van der Waals surface area contributed by atoms with Gasteiger partial charge < -0.3 is 15.4 Å². The topological polar surface area (TPSA) is 53.6 Å². The van der Waals surface area contributed by atoms with Gasteiger partial charge in [0, 0.05) is 24.3 Å². The van der Waals surface area contributed by atoms with E-state index >= 15 is 0 Å². The third-order valence-electron chi connectivity index (χ3n) is 4.50. The van der Waals surface area contributed by atoms with E-state index in [4.69, 9.17) is 4.74 Å². The number of nitrogens with one attached hydrogen (secondary N) is 2. The van der Waals surface area contributed by atoms with Crippen LogP contribution in [0, 0.1) is 0 Å². The number of nitrogens with zero attached hydrogens (tertiary/aromatic N) is 1. The first-order valence-corrected chi connectivity index (χ1v) is 7.67. The number of hydrogen-bond donors (Lipinski definition) is 2. The normalized spacial score (nSPS) is 24.8. The van der Waals surface area contributed by atoms with Crippen LogP contribution in [0.5, 0.6) is 5.75 Å². The Balaban J connectivity index is 1.45. The van der Waals surface area contributed by atoms with Crippen LogP contribution in [0.2, 0.25) is 0 Å². The molecule has 1 amide bonds. The summed E-state index contributed by atoms with van der Waals surface area (Å²) in [4.78, 5) is 14.5. The van der Waals surface area contributed by atoms with Crippen LogP contribution in [-0.4, -0.2) is 49.6 Å². The lowest BCUT2D eigenvalue weighted by Gasteiger charge is -2.21. The Kier molecular flexibility index (Phi) is 4.41. The average Bonchev–Trinajstić information content (AvgIpc) is 3.09. The molecule has 0 spiro atoms. The van der Waals surface area contributed by atoms with Crippen molar-refractivity contribution in [2.45, 2.75) is 31.3 Å². The molecule has 2 atom stereocenters. The van der Waals surface area contributed by atoms with Gasteiger partial charge in [-0.3, -0.25) is 9.69 Å². The molecular formula is C16H23N3O2. The minimum Gasteiger partial charge on any atom is -0.497 e. The van der Waals surface area contributed by atoms with Crippen LogP contribution in [0.4, 0.5) is 5.69 Å². The smallest absolute Gasteiger partial charge is 0.238 e. The van der Waals surface area contributed by atoms with Gasteiger partial charge >= 0.3 is 0 Å². The summed E-state index contributed by atoms with van der Waals surface area (Å²) < 4.78 is 5.10. The fourth-order valence-corrected chi connectivity index (χ4v) is 3.42. The van der Waals surface area contributed by atoms with Crippen LogP contribution in [0.1, 0.15) is 19.3 Å². The molecular weight excluding hydrogens is 266 g/mol. The maximum Gasteiger partial charge on any atom is 0.238 e. The Morgan fingerprint density at radius 3 is 2.86 bits per heavy atom. The van der Waals surface area contributed by atoms with Crippen molar-refractivity contribution >= 4 is 11.6 Å². The van der Waals surface area contributed by atoms with E-state index in [0.29, 0.717) is 18.6 Å². The second-order valence-corrected chi connectivity index (χ2v) is 5.80. The summed E-state index contributed by atoms with van der Waals surface area (Å²) in [5.41, 5.74) is 0.802. The lowest BCUT2D eigenvalue weighted by Crippen LogP contribution is -2.42. The van der Waals surface area contributed by atoms with E-state index in [1.54, 1.807) is 7.11 Å². The fraction of sp³-hybridized carbons (Fsp3) is 0.562. The van der Waals surface area contributed by atoms with Gasteiger partial charge in [-0.2, -0.15) is 0 Å². The van der Waals surface area contributed by atoms with Gasteiger partial charge in [0.15, 0.2) is 0 Å². The molecule has 21 heavy (non-hydrogen) atoms. The maximum absolute atomic E-state index is 12.0. The van der Waals surface area contributed by atoms with Gasteiger partial charge in [-0.25, -0.2) is 0 Å². The zero-order valence-electron chi connectivity index (χ0n) is 12.5. The molecule has 2 unspecified atom stereocenters. The Labute approximate surface area is 125 Å². The predicted octanol–water partition coefficient (Wildman–Crippen LogP) is 1.46. The van der Waals surface area contributed by atoms with Crippen LogP contribution in [-0.2, 0) is 4.79 Å². The lowest BCUT2D eigenvalue weighted by atomic mass is 10.1. The molecule has 0 aliphatic carbocycles. The van der Waals surface area contributed by atoms with E-state index in [1.807, 2.05) is 24.3 Å². The van der Waals surface area contributed by atoms with E-state index in [0.717, 1.165) is 17.9 Å². The summed E-state index contributed by atoms with van der Waals surface area (Å²) >= 11 is 0. The number of methoxy groups -OCH3 is 1. The van der Waals surface area contributed by atoms with E-state index < -0.39 is 0 Å². The molecule has 2 aliphatic heterocycles. The summed E-state index contributed by atoms with van der Waals surface area (Å²) in [6, 6.07) is 8.50. The first kappa shape index (κ1) is 14.4. The second-order valence-electron chi connectivity index (χ2n) is 5.80. The number of carbonyl (C=O) groups is 1. The third-order valence-corrected chi connectivity index (χ3v) is 4.50. The fourth-order valence-electron chi connectivity index (χ4n) is 3.42. The number of carbonyl (C=O) groups excluding carboxylic acids is 1. The van der Waals surface area contributed by atoms with Crippen LogP contribution in [0.15, 0.2) is 24.3 Å². The number of anilines is 1. The molecule has 2 N–H and O–H groups in total. The van der Waals surface area contributed by atoms with Gasteiger partial charge in [-0.1, -0.05) is 0 Å². The SMILES string of the molecule is COc1ccc(NC(=O)CNC2CCN3CCCC23)cc1. The molecule has 5 nitrogen and oxygen atoms in total. The van der Waals surface area contributed by atoms with Crippen molar-refractivity contribution in [2.75, 3.05) is 32.1 Å². The van der Waals surface area contributed by atoms with Crippen molar-refractivity contribution in [1.82, 2.24) is 10.2 Å². The van der Waals surface area contributed by atoms with E-state index in [2.05, 4.69) is 15.5 Å². The number of ether oxygens (including phenoxy) is 1. The first-order chi connectivity index (χ1) is 10.3. The molecule has 3 rings (SSSR count).